The van der Waals surface area contributed by atoms with Crippen LogP contribution in [0.25, 0.3) is 21.2 Å². The van der Waals surface area contributed by atoms with E-state index in [0.717, 1.165) is 39.4 Å². The van der Waals surface area contributed by atoms with Crippen LogP contribution in [0.2, 0.25) is 0 Å². The quantitative estimate of drug-likeness (QED) is 0.250. The van der Waals surface area contributed by atoms with Crippen molar-refractivity contribution in [3.8, 4) is 16.5 Å². The molecule has 4 heterocycles. The Morgan fingerprint density at radius 1 is 1.25 bits per heavy atom. The minimum absolute atomic E-state index is 0.0381. The summed E-state index contributed by atoms with van der Waals surface area (Å²) in [5.41, 5.74) is 2.46. The van der Waals surface area contributed by atoms with Gasteiger partial charge in [0, 0.05) is 24.3 Å². The number of para-hydroxylation sites is 1. The summed E-state index contributed by atoms with van der Waals surface area (Å²) in [7, 11) is 1.66. The number of aromatic nitrogens is 3. The lowest BCUT2D eigenvalue weighted by Gasteiger charge is -2.31. The number of rotatable bonds is 10. The molecular formula is C28H33N3O8S. The maximum Gasteiger partial charge on any atom is 0.306 e. The molecule has 40 heavy (non-hydrogen) atoms. The van der Waals surface area contributed by atoms with Gasteiger partial charge < -0.3 is 28.3 Å². The highest BCUT2D eigenvalue weighted by Crippen LogP contribution is 2.40. The van der Waals surface area contributed by atoms with E-state index in [1.54, 1.807) is 24.3 Å². The van der Waals surface area contributed by atoms with Gasteiger partial charge in [-0.3, -0.25) is 9.42 Å². The van der Waals surface area contributed by atoms with E-state index >= 15 is 0 Å². The zero-order valence-corrected chi connectivity index (χ0v) is 23.3. The van der Waals surface area contributed by atoms with Crippen molar-refractivity contribution in [3.63, 3.8) is 0 Å². The Morgan fingerprint density at radius 2 is 2.05 bits per heavy atom. The van der Waals surface area contributed by atoms with Gasteiger partial charge in [-0.2, -0.15) is 4.74 Å². The van der Waals surface area contributed by atoms with Gasteiger partial charge >= 0.3 is 5.97 Å². The first kappa shape index (κ1) is 26.7. The van der Waals surface area contributed by atoms with Crippen LogP contribution in [-0.4, -0.2) is 52.1 Å². The first-order valence-electron chi connectivity index (χ1n) is 13.5. The monoisotopic (exact) mass is 571 g/mol. The molecule has 1 saturated heterocycles. The maximum atomic E-state index is 11.3. The summed E-state index contributed by atoms with van der Waals surface area (Å²) < 4.78 is 37.9. The zero-order chi connectivity index (χ0) is 27.6. The van der Waals surface area contributed by atoms with Crippen LogP contribution in [0.15, 0.2) is 50.3 Å². The Hall–Kier alpha value is -3.48. The van der Waals surface area contributed by atoms with Gasteiger partial charge in [-0.05, 0) is 49.5 Å². The molecule has 0 amide bonds. The van der Waals surface area contributed by atoms with Gasteiger partial charge in [-0.15, -0.1) is 11.3 Å². The third-order valence-electron chi connectivity index (χ3n) is 7.64. The fourth-order valence-electron chi connectivity index (χ4n) is 5.39. The first-order valence-corrected chi connectivity index (χ1v) is 14.3. The van der Waals surface area contributed by atoms with E-state index in [9.17, 15) is 9.90 Å². The van der Waals surface area contributed by atoms with Crippen molar-refractivity contribution in [2.24, 2.45) is 11.8 Å². The molecule has 0 unspecified atom stereocenters. The summed E-state index contributed by atoms with van der Waals surface area (Å²) in [4.78, 5) is 18.8. The number of aliphatic carboxylic acids is 1. The molecule has 0 spiro atoms. The third kappa shape index (κ3) is 5.43. The SMILES string of the molecule is COc1ccccc1[C@@H](Cn1on(CC2CC(C(=O)O)C2)oc2c(C)c(-c3ncco3)sc21)OC1CCOCC1. The second-order valence-corrected chi connectivity index (χ2v) is 11.3. The maximum absolute atomic E-state index is 11.3. The second kappa shape index (κ2) is 11.6. The molecule has 1 saturated carbocycles. The number of ether oxygens (including phenoxy) is 3. The van der Waals surface area contributed by atoms with Crippen molar-refractivity contribution in [2.45, 2.75) is 57.9 Å². The average Bonchev–Trinajstić information content (AvgIpc) is 3.59. The number of methoxy groups -OCH3 is 1. The largest absolute Gasteiger partial charge is 0.496 e. The Balaban J connectivity index is 1.40. The summed E-state index contributed by atoms with van der Waals surface area (Å²) in [6, 6.07) is 7.86. The van der Waals surface area contributed by atoms with Gasteiger partial charge in [0.25, 0.3) is 0 Å². The summed E-state index contributed by atoms with van der Waals surface area (Å²) in [6.45, 7) is 4.09. The molecule has 11 nitrogen and oxygen atoms in total. The van der Waals surface area contributed by atoms with Crippen molar-refractivity contribution >= 4 is 27.7 Å². The van der Waals surface area contributed by atoms with Crippen LogP contribution in [0.1, 0.15) is 42.9 Å². The van der Waals surface area contributed by atoms with E-state index < -0.39 is 5.97 Å². The lowest BCUT2D eigenvalue weighted by molar-refractivity contribution is -0.148. The molecule has 3 aromatic heterocycles. The highest BCUT2D eigenvalue weighted by atomic mass is 32.1. The summed E-state index contributed by atoms with van der Waals surface area (Å²) in [5.74, 6) is 0.327. The Bertz CT molecular complexity index is 1480. The number of carboxylic acids is 1. The van der Waals surface area contributed by atoms with Gasteiger partial charge in [0.2, 0.25) is 11.5 Å². The topological polar surface area (TPSA) is 127 Å². The minimum atomic E-state index is -0.755. The molecule has 214 valence electrons. The van der Waals surface area contributed by atoms with Crippen LogP contribution >= 0.6 is 11.3 Å². The number of fused-ring (bicyclic) bond motifs is 1. The predicted molar refractivity (Wildman–Crippen MR) is 145 cm³/mol. The zero-order valence-electron chi connectivity index (χ0n) is 22.5. The molecule has 2 fully saturated rings. The number of oxazole rings is 1. The molecule has 0 bridgehead atoms. The highest BCUT2D eigenvalue weighted by molar-refractivity contribution is 7.22. The van der Waals surface area contributed by atoms with Crippen molar-refractivity contribution in [1.29, 1.82) is 0 Å². The van der Waals surface area contributed by atoms with E-state index in [1.165, 1.54) is 16.2 Å². The van der Waals surface area contributed by atoms with Crippen molar-refractivity contribution in [1.82, 2.24) is 14.6 Å². The first-order chi connectivity index (χ1) is 19.5. The number of hydrogen-bond donors (Lipinski definition) is 1. The van der Waals surface area contributed by atoms with Gasteiger partial charge in [0.05, 0.1) is 43.3 Å². The second-order valence-electron chi connectivity index (χ2n) is 10.3. The van der Waals surface area contributed by atoms with Gasteiger partial charge in [-0.25, -0.2) is 4.98 Å². The molecule has 6 rings (SSSR count). The molecule has 1 aliphatic carbocycles. The van der Waals surface area contributed by atoms with Gasteiger partial charge in [0.1, 0.15) is 18.1 Å². The number of benzene rings is 1. The van der Waals surface area contributed by atoms with E-state index in [2.05, 4.69) is 4.98 Å². The number of aryl methyl sites for hydroxylation is 1. The van der Waals surface area contributed by atoms with Crippen LogP contribution in [0.3, 0.4) is 0 Å². The lowest BCUT2D eigenvalue weighted by Crippen LogP contribution is -2.33. The van der Waals surface area contributed by atoms with Crippen LogP contribution in [0.4, 0.5) is 0 Å². The normalized spacial score (nSPS) is 20.4. The predicted octanol–water partition coefficient (Wildman–Crippen LogP) is 5.83. The molecule has 2 aliphatic rings. The van der Waals surface area contributed by atoms with Crippen LogP contribution < -0.4 is 4.74 Å². The fraction of sp³-hybridized carbons (Fsp3) is 0.500. The standard InChI is InChI=1S/C28H33N3O8S/c1-17-24-27(40-25(17)26-29-9-12-36-26)30(39-31(38-24)15-18-13-19(14-18)28(32)33)16-23(37-20-7-10-35-11-8-20)21-5-3-4-6-22(21)34-2/h3-6,9,12,18-20,23H,7-8,10-11,13-16H2,1-2H3,(H,32,33)/t18?,19?,23-/m1/s1. The van der Waals surface area contributed by atoms with E-state index in [1.807, 2.05) is 31.2 Å². The molecule has 0 radical (unpaired) electrons. The van der Waals surface area contributed by atoms with Crippen molar-refractivity contribution in [2.75, 3.05) is 20.3 Å². The lowest BCUT2D eigenvalue weighted by atomic mass is 9.75. The van der Waals surface area contributed by atoms with E-state index in [4.69, 9.17) is 27.8 Å². The molecule has 4 aromatic rings. The molecule has 1 aliphatic heterocycles. The van der Waals surface area contributed by atoms with Gasteiger partial charge in [0.15, 0.2) is 4.83 Å². The Kier molecular flexibility index (Phi) is 7.72. The molecule has 1 atom stereocenters. The Morgan fingerprint density at radius 3 is 2.77 bits per heavy atom. The van der Waals surface area contributed by atoms with Crippen molar-refractivity contribution in [3.05, 3.63) is 47.9 Å². The number of carboxylic acid groups (broad SMARTS) is 1. The highest BCUT2D eigenvalue weighted by Gasteiger charge is 2.35. The molecule has 1 aromatic carbocycles. The van der Waals surface area contributed by atoms with Crippen LogP contribution in [0.5, 0.6) is 5.75 Å². The van der Waals surface area contributed by atoms with Gasteiger partial charge in [-0.1, -0.05) is 18.2 Å². The smallest absolute Gasteiger partial charge is 0.306 e. The number of hydrogen-bond acceptors (Lipinski definition) is 9. The molecule has 12 heteroatoms. The number of nitrogens with zero attached hydrogens (tertiary/aromatic N) is 3. The minimum Gasteiger partial charge on any atom is -0.496 e. The number of carbonyl (C=O) groups is 1. The summed E-state index contributed by atoms with van der Waals surface area (Å²) >= 11 is 1.47. The average molecular weight is 572 g/mol. The van der Waals surface area contributed by atoms with E-state index in [0.29, 0.717) is 50.6 Å². The molecular weight excluding hydrogens is 538 g/mol. The van der Waals surface area contributed by atoms with Crippen LogP contribution in [-0.2, 0) is 27.4 Å². The third-order valence-corrected chi connectivity index (χ3v) is 8.91. The molecule has 1 N–H and O–H groups in total. The summed E-state index contributed by atoms with van der Waals surface area (Å²) in [6.07, 6.45) is 5.63. The summed E-state index contributed by atoms with van der Waals surface area (Å²) in [5, 5.41) is 9.31. The van der Waals surface area contributed by atoms with Crippen LogP contribution in [0, 0.1) is 18.8 Å². The Labute approximate surface area is 234 Å². The number of thiophene rings is 1. The van der Waals surface area contributed by atoms with Crippen molar-refractivity contribution < 1.29 is 37.7 Å². The fourth-order valence-corrected chi connectivity index (χ4v) is 6.51. The van der Waals surface area contributed by atoms with E-state index in [-0.39, 0.29) is 24.0 Å².